The lowest BCUT2D eigenvalue weighted by molar-refractivity contribution is 1.25. The number of hydrogen-bond donors (Lipinski definition) is 1. The Bertz CT molecular complexity index is 523. The zero-order chi connectivity index (χ0) is 11.7. The molecule has 0 radical (unpaired) electrons. The second-order valence-electron chi connectivity index (χ2n) is 3.28. The Balaban J connectivity index is 2.58. The zero-order valence-electron chi connectivity index (χ0n) is 8.84. The smallest absolute Gasteiger partial charge is 0.183 e. The molecule has 0 bridgehead atoms. The predicted octanol–water partition coefficient (Wildman–Crippen LogP) is 4.47. The summed E-state index contributed by atoms with van der Waals surface area (Å²) in [5, 5.41) is 5.05. The molecule has 1 aromatic carbocycles. The van der Waals surface area contributed by atoms with E-state index in [0.717, 1.165) is 21.3 Å². The van der Waals surface area contributed by atoms with Crippen molar-refractivity contribution >= 4 is 39.7 Å². The predicted molar refractivity (Wildman–Crippen MR) is 71.9 cm³/mol. The fraction of sp³-hybridized carbons (Fsp3) is 0.182. The molecule has 84 valence electrons. The first kappa shape index (κ1) is 11.7. The van der Waals surface area contributed by atoms with Crippen LogP contribution in [0.3, 0.4) is 0 Å². The molecule has 0 unspecified atom stereocenters. The maximum atomic E-state index is 6.18. The third-order valence-electron chi connectivity index (χ3n) is 2.21. The lowest BCUT2D eigenvalue weighted by atomic mass is 10.1. The highest BCUT2D eigenvalue weighted by Crippen LogP contribution is 2.39. The summed E-state index contributed by atoms with van der Waals surface area (Å²) in [5.74, 6) is 0. The molecule has 5 heteroatoms. The number of rotatable bonds is 2. The molecule has 2 nitrogen and oxygen atoms in total. The summed E-state index contributed by atoms with van der Waals surface area (Å²) in [7, 11) is 1.85. The number of nitrogens with one attached hydrogen (secondary N) is 1. The van der Waals surface area contributed by atoms with E-state index in [2.05, 4.69) is 10.3 Å². The molecule has 0 aliphatic rings. The van der Waals surface area contributed by atoms with Crippen LogP contribution in [0.5, 0.6) is 0 Å². The van der Waals surface area contributed by atoms with Crippen molar-refractivity contribution < 1.29 is 0 Å². The quantitative estimate of drug-likeness (QED) is 0.873. The van der Waals surface area contributed by atoms with Crippen LogP contribution in [0.2, 0.25) is 10.0 Å². The van der Waals surface area contributed by atoms with Gasteiger partial charge in [0.1, 0.15) is 0 Å². The molecular weight excluding hydrogens is 263 g/mol. The van der Waals surface area contributed by atoms with E-state index in [1.807, 2.05) is 26.1 Å². The first-order valence-electron chi connectivity index (χ1n) is 4.73. The van der Waals surface area contributed by atoms with Gasteiger partial charge in [-0.1, -0.05) is 46.7 Å². The monoisotopic (exact) mass is 272 g/mol. The molecule has 1 heterocycles. The number of thiazole rings is 1. The minimum atomic E-state index is 0.568. The van der Waals surface area contributed by atoms with Gasteiger partial charge in [0.15, 0.2) is 5.13 Å². The second-order valence-corrected chi connectivity index (χ2v) is 5.07. The van der Waals surface area contributed by atoms with E-state index in [9.17, 15) is 0 Å². The van der Waals surface area contributed by atoms with Gasteiger partial charge >= 0.3 is 0 Å². The molecule has 16 heavy (non-hydrogen) atoms. The van der Waals surface area contributed by atoms with E-state index in [0.29, 0.717) is 10.0 Å². The maximum Gasteiger partial charge on any atom is 0.183 e. The number of nitrogens with zero attached hydrogens (tertiary/aromatic N) is 1. The third-order valence-corrected chi connectivity index (χ3v) is 4.23. The Hall–Kier alpha value is -0.770. The van der Waals surface area contributed by atoms with Crippen LogP contribution in [-0.2, 0) is 0 Å². The molecule has 2 aromatic rings. The Kier molecular flexibility index (Phi) is 3.38. The van der Waals surface area contributed by atoms with Gasteiger partial charge in [0, 0.05) is 12.6 Å². The van der Waals surface area contributed by atoms with E-state index < -0.39 is 0 Å². The minimum Gasteiger partial charge on any atom is -0.365 e. The number of anilines is 1. The van der Waals surface area contributed by atoms with Crippen molar-refractivity contribution in [2.24, 2.45) is 0 Å². The van der Waals surface area contributed by atoms with Crippen molar-refractivity contribution in [3.05, 3.63) is 33.9 Å². The highest BCUT2D eigenvalue weighted by Gasteiger charge is 2.13. The van der Waals surface area contributed by atoms with E-state index in [1.54, 1.807) is 17.4 Å². The highest BCUT2D eigenvalue weighted by atomic mass is 35.5. The third kappa shape index (κ3) is 2.03. The van der Waals surface area contributed by atoms with E-state index in [-0.39, 0.29) is 0 Å². The summed E-state index contributed by atoms with van der Waals surface area (Å²) in [6, 6.07) is 5.62. The van der Waals surface area contributed by atoms with Gasteiger partial charge in [-0.3, -0.25) is 0 Å². The van der Waals surface area contributed by atoms with Crippen molar-refractivity contribution in [1.82, 2.24) is 4.98 Å². The zero-order valence-corrected chi connectivity index (χ0v) is 11.2. The van der Waals surface area contributed by atoms with Gasteiger partial charge in [-0.2, -0.15) is 0 Å². The van der Waals surface area contributed by atoms with Crippen molar-refractivity contribution in [3.8, 4) is 10.4 Å². The summed E-state index contributed by atoms with van der Waals surface area (Å²) < 4.78 is 0. The Morgan fingerprint density at radius 2 is 2.06 bits per heavy atom. The first-order chi connectivity index (χ1) is 7.63. The molecule has 1 aromatic heterocycles. The molecule has 0 aliphatic carbocycles. The van der Waals surface area contributed by atoms with Crippen molar-refractivity contribution in [1.29, 1.82) is 0 Å². The van der Waals surface area contributed by atoms with Crippen LogP contribution >= 0.6 is 34.5 Å². The number of benzene rings is 1. The average Bonchev–Trinajstić information content (AvgIpc) is 2.64. The van der Waals surface area contributed by atoms with Crippen LogP contribution in [0.1, 0.15) is 5.69 Å². The van der Waals surface area contributed by atoms with Gasteiger partial charge in [-0.25, -0.2) is 4.98 Å². The Morgan fingerprint density at radius 1 is 1.31 bits per heavy atom. The molecule has 0 spiro atoms. The van der Waals surface area contributed by atoms with E-state index >= 15 is 0 Å². The molecule has 1 N–H and O–H groups in total. The lowest BCUT2D eigenvalue weighted by Crippen LogP contribution is -1.85. The van der Waals surface area contributed by atoms with Gasteiger partial charge < -0.3 is 5.32 Å². The van der Waals surface area contributed by atoms with E-state index in [1.165, 1.54) is 0 Å². The van der Waals surface area contributed by atoms with Crippen LogP contribution in [0, 0.1) is 6.92 Å². The second kappa shape index (κ2) is 4.62. The number of aryl methyl sites for hydroxylation is 1. The fourth-order valence-electron chi connectivity index (χ4n) is 1.43. The average molecular weight is 273 g/mol. The molecule has 0 atom stereocenters. The van der Waals surface area contributed by atoms with Crippen molar-refractivity contribution in [3.63, 3.8) is 0 Å². The molecule has 0 fully saturated rings. The van der Waals surface area contributed by atoms with Gasteiger partial charge in [-0.05, 0) is 13.0 Å². The summed E-state index contributed by atoms with van der Waals surface area (Å²) >= 11 is 13.7. The molecule has 0 saturated heterocycles. The molecule has 0 amide bonds. The number of halogens is 2. The van der Waals surface area contributed by atoms with Crippen LogP contribution in [0.25, 0.3) is 10.4 Å². The molecular formula is C11H10Cl2N2S. The maximum absolute atomic E-state index is 6.18. The summed E-state index contributed by atoms with van der Waals surface area (Å²) in [6.45, 7) is 1.96. The Labute approximate surface area is 108 Å². The first-order valence-corrected chi connectivity index (χ1v) is 6.30. The topological polar surface area (TPSA) is 24.9 Å². The standard InChI is InChI=1S/C11H10Cl2N2S/c1-6-10(16-11(14-2)15-6)7-4-3-5-8(12)9(7)13/h3-5H,1-2H3,(H,14,15). The van der Waals surface area contributed by atoms with E-state index in [4.69, 9.17) is 23.2 Å². The summed E-state index contributed by atoms with van der Waals surface area (Å²) in [4.78, 5) is 5.43. The fourth-order valence-corrected chi connectivity index (χ4v) is 2.83. The van der Waals surface area contributed by atoms with Gasteiger partial charge in [-0.15, -0.1) is 0 Å². The summed E-state index contributed by atoms with van der Waals surface area (Å²) in [5.41, 5.74) is 1.89. The SMILES string of the molecule is CNc1nc(C)c(-c2cccc(Cl)c2Cl)s1. The lowest BCUT2D eigenvalue weighted by Gasteiger charge is -2.03. The normalized spacial score (nSPS) is 10.5. The highest BCUT2D eigenvalue weighted by molar-refractivity contribution is 7.19. The largest absolute Gasteiger partial charge is 0.365 e. The number of aromatic nitrogens is 1. The van der Waals surface area contributed by atoms with Gasteiger partial charge in [0.05, 0.1) is 20.6 Å². The molecule has 2 rings (SSSR count). The molecule has 0 saturated carbocycles. The van der Waals surface area contributed by atoms with Gasteiger partial charge in [0.2, 0.25) is 0 Å². The Morgan fingerprint density at radius 3 is 2.69 bits per heavy atom. The van der Waals surface area contributed by atoms with Crippen LogP contribution in [-0.4, -0.2) is 12.0 Å². The summed E-state index contributed by atoms with van der Waals surface area (Å²) in [6.07, 6.45) is 0. The minimum absolute atomic E-state index is 0.568. The van der Waals surface area contributed by atoms with Crippen LogP contribution in [0.4, 0.5) is 5.13 Å². The van der Waals surface area contributed by atoms with Crippen LogP contribution in [0.15, 0.2) is 18.2 Å². The van der Waals surface area contributed by atoms with Crippen molar-refractivity contribution in [2.45, 2.75) is 6.92 Å². The van der Waals surface area contributed by atoms with Gasteiger partial charge in [0.25, 0.3) is 0 Å². The van der Waals surface area contributed by atoms with Crippen LogP contribution < -0.4 is 5.32 Å². The van der Waals surface area contributed by atoms with Crippen molar-refractivity contribution in [2.75, 3.05) is 12.4 Å². The number of hydrogen-bond acceptors (Lipinski definition) is 3. The molecule has 0 aliphatic heterocycles.